The van der Waals surface area contributed by atoms with Gasteiger partial charge in [0.1, 0.15) is 17.3 Å². The number of hydrogen-bond acceptors (Lipinski definition) is 4. The topological polar surface area (TPSA) is 63.0 Å². The number of piperazine rings is 1. The number of ether oxygens (including phenoxy) is 1. The minimum atomic E-state index is -0.0279. The molecule has 1 aliphatic carbocycles. The first kappa shape index (κ1) is 19.6. The lowest BCUT2D eigenvalue weighted by Crippen LogP contribution is -2.50. The van der Waals surface area contributed by atoms with Crippen molar-refractivity contribution < 1.29 is 18.7 Å². The van der Waals surface area contributed by atoms with Crippen molar-refractivity contribution in [2.75, 3.05) is 26.2 Å². The number of carbonyl (C=O) groups excluding carboxylic acids is 2. The second kappa shape index (κ2) is 8.31. The quantitative estimate of drug-likeness (QED) is 0.788. The van der Waals surface area contributed by atoms with E-state index in [1.165, 1.54) is 12.8 Å². The Labute approximate surface area is 171 Å². The first-order chi connectivity index (χ1) is 14.0. The van der Waals surface area contributed by atoms with Crippen LogP contribution in [0.3, 0.4) is 0 Å². The maximum absolute atomic E-state index is 12.8. The molecule has 29 heavy (non-hydrogen) atoms. The third kappa shape index (κ3) is 4.31. The summed E-state index contributed by atoms with van der Waals surface area (Å²) < 4.78 is 11.4. The van der Waals surface area contributed by atoms with Crippen LogP contribution in [0, 0.1) is 13.8 Å². The molecule has 1 aromatic heterocycles. The van der Waals surface area contributed by atoms with Crippen LogP contribution in [0.4, 0.5) is 0 Å². The predicted molar refractivity (Wildman–Crippen MR) is 109 cm³/mol. The summed E-state index contributed by atoms with van der Waals surface area (Å²) in [5.41, 5.74) is 1.27. The van der Waals surface area contributed by atoms with Crippen LogP contribution in [-0.4, -0.2) is 53.9 Å². The molecular weight excluding hydrogens is 368 g/mol. The third-order valence-corrected chi connectivity index (χ3v) is 5.83. The lowest BCUT2D eigenvalue weighted by atomic mass is 10.1. The van der Waals surface area contributed by atoms with Gasteiger partial charge in [0.05, 0.1) is 11.7 Å². The summed E-state index contributed by atoms with van der Waals surface area (Å²) in [4.78, 5) is 29.1. The molecule has 2 aliphatic rings. The van der Waals surface area contributed by atoms with Crippen molar-refractivity contribution in [3.05, 3.63) is 53.0 Å². The molecule has 0 atom stereocenters. The van der Waals surface area contributed by atoms with E-state index in [2.05, 4.69) is 0 Å². The maximum atomic E-state index is 12.8. The number of carbonyl (C=O) groups is 2. The second-order valence-corrected chi connectivity index (χ2v) is 7.96. The summed E-state index contributed by atoms with van der Waals surface area (Å²) in [5, 5.41) is 0. The van der Waals surface area contributed by atoms with E-state index in [0.29, 0.717) is 49.2 Å². The SMILES string of the molecule is Cc1cc(C(=O)N2CCN(C(=O)c3ccc(OC4CCCC4)cc3)CC2)c(C)o1. The largest absolute Gasteiger partial charge is 0.490 e. The van der Waals surface area contributed by atoms with Gasteiger partial charge in [-0.15, -0.1) is 0 Å². The highest BCUT2D eigenvalue weighted by Crippen LogP contribution is 2.24. The molecule has 6 nitrogen and oxygen atoms in total. The number of amides is 2. The minimum Gasteiger partial charge on any atom is -0.490 e. The van der Waals surface area contributed by atoms with Gasteiger partial charge < -0.3 is 19.0 Å². The number of benzene rings is 1. The minimum absolute atomic E-state index is 0.000138. The summed E-state index contributed by atoms with van der Waals surface area (Å²) in [7, 11) is 0. The first-order valence-electron chi connectivity index (χ1n) is 10.4. The van der Waals surface area contributed by atoms with E-state index in [0.717, 1.165) is 24.4 Å². The molecule has 1 saturated carbocycles. The lowest BCUT2D eigenvalue weighted by Gasteiger charge is -2.34. The molecule has 2 aromatic rings. The molecule has 2 amide bonds. The average molecular weight is 396 g/mol. The summed E-state index contributed by atoms with van der Waals surface area (Å²) in [5.74, 6) is 2.18. The summed E-state index contributed by atoms with van der Waals surface area (Å²) >= 11 is 0. The van der Waals surface area contributed by atoms with Gasteiger partial charge in [-0.25, -0.2) is 0 Å². The van der Waals surface area contributed by atoms with Gasteiger partial charge in [-0.3, -0.25) is 9.59 Å². The van der Waals surface area contributed by atoms with E-state index in [-0.39, 0.29) is 11.8 Å². The van der Waals surface area contributed by atoms with E-state index in [1.807, 2.05) is 36.1 Å². The van der Waals surface area contributed by atoms with Crippen molar-refractivity contribution in [2.24, 2.45) is 0 Å². The Hall–Kier alpha value is -2.76. The van der Waals surface area contributed by atoms with E-state index in [9.17, 15) is 9.59 Å². The fourth-order valence-corrected chi connectivity index (χ4v) is 4.18. The molecular formula is C23H28N2O4. The van der Waals surface area contributed by atoms with Crippen LogP contribution in [0.1, 0.15) is 57.9 Å². The fourth-order valence-electron chi connectivity index (χ4n) is 4.18. The Morgan fingerprint density at radius 1 is 0.931 bits per heavy atom. The zero-order chi connectivity index (χ0) is 20.4. The smallest absolute Gasteiger partial charge is 0.257 e. The summed E-state index contributed by atoms with van der Waals surface area (Å²) in [6, 6.07) is 9.22. The van der Waals surface area contributed by atoms with E-state index in [1.54, 1.807) is 17.9 Å². The summed E-state index contributed by atoms with van der Waals surface area (Å²) in [6.45, 7) is 5.75. The molecule has 0 N–H and O–H groups in total. The van der Waals surface area contributed by atoms with Crippen LogP contribution >= 0.6 is 0 Å². The molecule has 6 heteroatoms. The number of aryl methyl sites for hydroxylation is 2. The Morgan fingerprint density at radius 3 is 2.07 bits per heavy atom. The second-order valence-electron chi connectivity index (χ2n) is 7.96. The molecule has 1 aromatic carbocycles. The van der Waals surface area contributed by atoms with Gasteiger partial charge in [0.15, 0.2) is 0 Å². The monoisotopic (exact) mass is 396 g/mol. The average Bonchev–Trinajstić information content (AvgIpc) is 3.36. The molecule has 2 fully saturated rings. The molecule has 0 radical (unpaired) electrons. The highest BCUT2D eigenvalue weighted by Gasteiger charge is 2.27. The maximum Gasteiger partial charge on any atom is 0.257 e. The number of furan rings is 1. The van der Waals surface area contributed by atoms with Crippen molar-refractivity contribution in [3.8, 4) is 5.75 Å². The van der Waals surface area contributed by atoms with Gasteiger partial charge in [0.2, 0.25) is 0 Å². The number of rotatable bonds is 4. The first-order valence-corrected chi connectivity index (χ1v) is 10.4. The molecule has 154 valence electrons. The zero-order valence-corrected chi connectivity index (χ0v) is 17.1. The molecule has 4 rings (SSSR count). The normalized spacial score (nSPS) is 17.6. The highest BCUT2D eigenvalue weighted by molar-refractivity contribution is 5.96. The molecule has 0 spiro atoms. The zero-order valence-electron chi connectivity index (χ0n) is 17.1. The van der Waals surface area contributed by atoms with Crippen molar-refractivity contribution in [2.45, 2.75) is 45.6 Å². The third-order valence-electron chi connectivity index (χ3n) is 5.83. The van der Waals surface area contributed by atoms with Crippen molar-refractivity contribution in [3.63, 3.8) is 0 Å². The van der Waals surface area contributed by atoms with Gasteiger partial charge in [-0.1, -0.05) is 0 Å². The Balaban J connectivity index is 1.32. The number of hydrogen-bond donors (Lipinski definition) is 0. The van der Waals surface area contributed by atoms with E-state index >= 15 is 0 Å². The Bertz CT molecular complexity index is 873. The van der Waals surface area contributed by atoms with Crippen molar-refractivity contribution in [1.29, 1.82) is 0 Å². The Morgan fingerprint density at radius 2 is 1.52 bits per heavy atom. The predicted octanol–water partition coefficient (Wildman–Crippen LogP) is 3.82. The molecule has 0 bridgehead atoms. The standard InChI is InChI=1S/C23H28N2O4/c1-16-15-21(17(2)28-16)23(27)25-13-11-24(12-14-25)22(26)18-7-9-20(10-8-18)29-19-5-3-4-6-19/h7-10,15,19H,3-6,11-14H2,1-2H3. The van der Waals surface area contributed by atoms with Crippen LogP contribution in [0.5, 0.6) is 5.75 Å². The Kier molecular flexibility index (Phi) is 5.60. The van der Waals surface area contributed by atoms with E-state index < -0.39 is 0 Å². The van der Waals surface area contributed by atoms with Crippen LogP contribution in [0.2, 0.25) is 0 Å². The van der Waals surface area contributed by atoms with Crippen LogP contribution < -0.4 is 4.74 Å². The summed E-state index contributed by atoms with van der Waals surface area (Å²) in [6.07, 6.45) is 5.00. The van der Waals surface area contributed by atoms with Gasteiger partial charge in [0.25, 0.3) is 11.8 Å². The highest BCUT2D eigenvalue weighted by atomic mass is 16.5. The fraction of sp³-hybridized carbons (Fsp3) is 0.478. The van der Waals surface area contributed by atoms with Gasteiger partial charge >= 0.3 is 0 Å². The molecule has 1 aliphatic heterocycles. The molecule has 2 heterocycles. The molecule has 1 saturated heterocycles. The van der Waals surface area contributed by atoms with Crippen LogP contribution in [0.25, 0.3) is 0 Å². The van der Waals surface area contributed by atoms with Gasteiger partial charge in [0, 0.05) is 31.7 Å². The van der Waals surface area contributed by atoms with Crippen molar-refractivity contribution in [1.82, 2.24) is 9.80 Å². The molecule has 0 unspecified atom stereocenters. The van der Waals surface area contributed by atoms with Gasteiger partial charge in [-0.2, -0.15) is 0 Å². The van der Waals surface area contributed by atoms with Crippen molar-refractivity contribution >= 4 is 11.8 Å². The van der Waals surface area contributed by atoms with Crippen LogP contribution in [0.15, 0.2) is 34.7 Å². The van der Waals surface area contributed by atoms with Gasteiger partial charge in [-0.05, 0) is 69.9 Å². The van der Waals surface area contributed by atoms with E-state index in [4.69, 9.17) is 9.15 Å². The lowest BCUT2D eigenvalue weighted by molar-refractivity contribution is 0.0534. The number of nitrogens with zero attached hydrogens (tertiary/aromatic N) is 2. The van der Waals surface area contributed by atoms with Crippen LogP contribution in [-0.2, 0) is 0 Å².